The smallest absolute Gasteiger partial charge is 0.239 e. The molecule has 94 valence electrons. The van der Waals surface area contributed by atoms with Crippen LogP contribution in [0.15, 0.2) is 6.07 Å². The van der Waals surface area contributed by atoms with Gasteiger partial charge in [0.15, 0.2) is 0 Å². The first-order chi connectivity index (χ1) is 8.19. The number of aryl methyl sites for hydroxylation is 1. The minimum Gasteiger partial charge on any atom is -0.373 e. The number of nitrogens with one attached hydrogen (secondary N) is 3. The van der Waals surface area contributed by atoms with Crippen LogP contribution in [0.1, 0.15) is 19.2 Å². The fourth-order valence-corrected chi connectivity index (χ4v) is 1.31. The molecule has 0 radical (unpaired) electrons. The van der Waals surface area contributed by atoms with Gasteiger partial charge in [-0.2, -0.15) is 0 Å². The van der Waals surface area contributed by atoms with Crippen molar-refractivity contribution in [2.75, 3.05) is 31.3 Å². The van der Waals surface area contributed by atoms with Gasteiger partial charge in [0.1, 0.15) is 17.5 Å². The third-order valence-electron chi connectivity index (χ3n) is 2.21. The number of amides is 1. The quantitative estimate of drug-likeness (QED) is 0.676. The fourth-order valence-electron chi connectivity index (χ4n) is 1.31. The van der Waals surface area contributed by atoms with Crippen LogP contribution in [-0.4, -0.2) is 36.5 Å². The third kappa shape index (κ3) is 4.26. The van der Waals surface area contributed by atoms with Gasteiger partial charge in [-0.3, -0.25) is 4.79 Å². The van der Waals surface area contributed by atoms with Crippen LogP contribution in [0.4, 0.5) is 11.6 Å². The van der Waals surface area contributed by atoms with E-state index in [1.165, 1.54) is 0 Å². The number of likely N-dealkylation sites (N-methyl/N-ethyl adjacent to an activating group) is 1. The summed E-state index contributed by atoms with van der Waals surface area (Å²) >= 11 is 0. The van der Waals surface area contributed by atoms with Crippen molar-refractivity contribution in [3.63, 3.8) is 0 Å². The first-order valence-electron chi connectivity index (χ1n) is 5.69. The summed E-state index contributed by atoms with van der Waals surface area (Å²) in [6, 6.07) is 1.78. The zero-order chi connectivity index (χ0) is 12.7. The first kappa shape index (κ1) is 13.2. The van der Waals surface area contributed by atoms with Crippen LogP contribution < -0.4 is 16.0 Å². The Morgan fingerprint density at radius 1 is 1.29 bits per heavy atom. The van der Waals surface area contributed by atoms with Gasteiger partial charge in [0.2, 0.25) is 5.91 Å². The van der Waals surface area contributed by atoms with Crippen molar-refractivity contribution in [2.45, 2.75) is 19.8 Å². The SMILES string of the molecule is CCCc1nc(NC)cc(NCC(=O)NC)n1. The van der Waals surface area contributed by atoms with Gasteiger partial charge in [-0.25, -0.2) is 9.97 Å². The average molecular weight is 237 g/mol. The number of rotatable bonds is 6. The standard InChI is InChI=1S/C11H19N5O/c1-4-5-8-15-9(12-2)6-10(16-8)14-7-11(17)13-3/h6H,4-5,7H2,1-3H3,(H,13,17)(H2,12,14,15,16). The fraction of sp³-hybridized carbons (Fsp3) is 0.545. The number of nitrogens with zero attached hydrogens (tertiary/aromatic N) is 2. The summed E-state index contributed by atoms with van der Waals surface area (Å²) in [6.45, 7) is 2.29. The molecule has 0 saturated heterocycles. The van der Waals surface area contributed by atoms with E-state index >= 15 is 0 Å². The molecule has 0 unspecified atom stereocenters. The molecule has 3 N–H and O–H groups in total. The van der Waals surface area contributed by atoms with Crippen molar-refractivity contribution in [2.24, 2.45) is 0 Å². The molecule has 6 nitrogen and oxygen atoms in total. The van der Waals surface area contributed by atoms with Crippen LogP contribution in [0.3, 0.4) is 0 Å². The zero-order valence-corrected chi connectivity index (χ0v) is 10.5. The molecule has 0 aromatic carbocycles. The first-order valence-corrected chi connectivity index (χ1v) is 5.69. The van der Waals surface area contributed by atoms with Crippen molar-refractivity contribution in [1.82, 2.24) is 15.3 Å². The lowest BCUT2D eigenvalue weighted by atomic mass is 10.3. The molecule has 0 spiro atoms. The molecular formula is C11H19N5O. The Hall–Kier alpha value is -1.85. The highest BCUT2D eigenvalue weighted by Gasteiger charge is 2.04. The van der Waals surface area contributed by atoms with Crippen molar-refractivity contribution in [1.29, 1.82) is 0 Å². The zero-order valence-electron chi connectivity index (χ0n) is 10.5. The van der Waals surface area contributed by atoms with Gasteiger partial charge in [0, 0.05) is 26.6 Å². The van der Waals surface area contributed by atoms with Gasteiger partial charge in [0.05, 0.1) is 6.54 Å². The molecule has 0 aliphatic carbocycles. The lowest BCUT2D eigenvalue weighted by Gasteiger charge is -2.08. The molecule has 6 heteroatoms. The summed E-state index contributed by atoms with van der Waals surface area (Å²) < 4.78 is 0. The Labute approximate surface area is 101 Å². The Morgan fingerprint density at radius 3 is 2.59 bits per heavy atom. The minimum atomic E-state index is -0.0772. The molecule has 0 bridgehead atoms. The molecule has 17 heavy (non-hydrogen) atoms. The molecule has 0 fully saturated rings. The molecule has 1 aromatic heterocycles. The highest BCUT2D eigenvalue weighted by Crippen LogP contribution is 2.11. The maximum Gasteiger partial charge on any atom is 0.239 e. The molecule has 0 atom stereocenters. The Balaban J connectivity index is 2.75. The topological polar surface area (TPSA) is 78.9 Å². The molecule has 0 aliphatic heterocycles. The monoisotopic (exact) mass is 237 g/mol. The van der Waals surface area contributed by atoms with Gasteiger partial charge in [-0.1, -0.05) is 6.92 Å². The van der Waals surface area contributed by atoms with E-state index in [4.69, 9.17) is 0 Å². The molecule has 0 aliphatic rings. The summed E-state index contributed by atoms with van der Waals surface area (Å²) in [7, 11) is 3.41. The van der Waals surface area contributed by atoms with E-state index in [-0.39, 0.29) is 12.5 Å². The van der Waals surface area contributed by atoms with Crippen molar-refractivity contribution >= 4 is 17.5 Å². The second-order valence-electron chi connectivity index (χ2n) is 3.58. The van der Waals surface area contributed by atoms with Crippen LogP contribution in [0.2, 0.25) is 0 Å². The van der Waals surface area contributed by atoms with Crippen LogP contribution in [0.25, 0.3) is 0 Å². The number of carbonyl (C=O) groups excluding carboxylic acids is 1. The predicted octanol–water partition coefficient (Wildman–Crippen LogP) is 0.629. The molecule has 1 heterocycles. The van der Waals surface area contributed by atoms with E-state index in [1.54, 1.807) is 20.2 Å². The van der Waals surface area contributed by atoms with Crippen molar-refractivity contribution < 1.29 is 4.79 Å². The van der Waals surface area contributed by atoms with Crippen LogP contribution in [-0.2, 0) is 11.2 Å². The largest absolute Gasteiger partial charge is 0.373 e. The maximum absolute atomic E-state index is 11.1. The van der Waals surface area contributed by atoms with Gasteiger partial charge in [0.25, 0.3) is 0 Å². The van der Waals surface area contributed by atoms with Gasteiger partial charge < -0.3 is 16.0 Å². The summed E-state index contributed by atoms with van der Waals surface area (Å²) in [4.78, 5) is 19.8. The maximum atomic E-state index is 11.1. The van der Waals surface area contributed by atoms with E-state index in [9.17, 15) is 4.79 Å². The third-order valence-corrected chi connectivity index (χ3v) is 2.21. The van der Waals surface area contributed by atoms with Gasteiger partial charge in [-0.15, -0.1) is 0 Å². The number of hydrogen-bond acceptors (Lipinski definition) is 5. The number of anilines is 2. The lowest BCUT2D eigenvalue weighted by molar-refractivity contribution is -0.118. The minimum absolute atomic E-state index is 0.0772. The second-order valence-corrected chi connectivity index (χ2v) is 3.58. The average Bonchev–Trinajstić information content (AvgIpc) is 2.36. The Morgan fingerprint density at radius 2 is 2.00 bits per heavy atom. The summed E-state index contributed by atoms with van der Waals surface area (Å²) in [6.07, 6.45) is 1.81. The van der Waals surface area contributed by atoms with E-state index in [0.29, 0.717) is 5.82 Å². The van der Waals surface area contributed by atoms with Gasteiger partial charge in [-0.05, 0) is 6.42 Å². The highest BCUT2D eigenvalue weighted by molar-refractivity contribution is 5.80. The molecule has 1 amide bonds. The number of aromatic nitrogens is 2. The van der Waals surface area contributed by atoms with Crippen molar-refractivity contribution in [3.8, 4) is 0 Å². The van der Waals surface area contributed by atoms with Gasteiger partial charge >= 0.3 is 0 Å². The molecule has 0 saturated carbocycles. The van der Waals surface area contributed by atoms with Crippen LogP contribution in [0.5, 0.6) is 0 Å². The Kier molecular flexibility index (Phi) is 5.19. The predicted molar refractivity (Wildman–Crippen MR) is 68.1 cm³/mol. The lowest BCUT2D eigenvalue weighted by Crippen LogP contribution is -2.26. The summed E-state index contributed by atoms with van der Waals surface area (Å²) in [5.74, 6) is 2.12. The second kappa shape index (κ2) is 6.67. The van der Waals surface area contributed by atoms with Crippen molar-refractivity contribution in [3.05, 3.63) is 11.9 Å². The summed E-state index contributed by atoms with van der Waals surface area (Å²) in [5, 5.41) is 8.48. The van der Waals surface area contributed by atoms with E-state index in [0.717, 1.165) is 24.5 Å². The molecule has 1 rings (SSSR count). The summed E-state index contributed by atoms with van der Waals surface area (Å²) in [5.41, 5.74) is 0. The van der Waals surface area contributed by atoms with Crippen LogP contribution >= 0.6 is 0 Å². The Bertz CT molecular complexity index is 380. The van der Waals surface area contributed by atoms with E-state index in [1.807, 2.05) is 0 Å². The van der Waals surface area contributed by atoms with E-state index < -0.39 is 0 Å². The van der Waals surface area contributed by atoms with E-state index in [2.05, 4.69) is 32.8 Å². The normalized spacial score (nSPS) is 9.82. The highest BCUT2D eigenvalue weighted by atomic mass is 16.1. The number of hydrogen-bond donors (Lipinski definition) is 3. The van der Waals surface area contributed by atoms with Crippen LogP contribution in [0, 0.1) is 0 Å². The molecule has 1 aromatic rings. The number of carbonyl (C=O) groups is 1. The molecular weight excluding hydrogens is 218 g/mol.